The Labute approximate surface area is 141 Å². The van der Waals surface area contributed by atoms with Crippen molar-refractivity contribution in [3.63, 3.8) is 0 Å². The number of carbonyl (C=O) groups excluding carboxylic acids is 1. The van der Waals surface area contributed by atoms with Crippen molar-refractivity contribution in [2.45, 2.75) is 12.5 Å². The molecule has 1 atom stereocenters. The lowest BCUT2D eigenvalue weighted by Gasteiger charge is -2.23. The summed E-state index contributed by atoms with van der Waals surface area (Å²) in [6.07, 6.45) is 2.18. The summed E-state index contributed by atoms with van der Waals surface area (Å²) in [6, 6.07) is 5.84. The third-order valence-corrected chi connectivity index (χ3v) is 3.44. The van der Waals surface area contributed by atoms with E-state index in [4.69, 9.17) is 4.74 Å². The van der Waals surface area contributed by atoms with E-state index in [2.05, 4.69) is 15.6 Å². The van der Waals surface area contributed by atoms with E-state index in [9.17, 15) is 4.79 Å². The number of fused-ring (bicyclic) bond motifs is 1. The van der Waals surface area contributed by atoms with Crippen molar-refractivity contribution in [3.05, 3.63) is 24.5 Å². The first-order valence-corrected chi connectivity index (χ1v) is 6.74. The number of morpholine rings is 1. The summed E-state index contributed by atoms with van der Waals surface area (Å²) in [5.41, 5.74) is 2.70. The fourth-order valence-corrected chi connectivity index (χ4v) is 2.40. The highest BCUT2D eigenvalue weighted by atomic mass is 35.5. The fourth-order valence-electron chi connectivity index (χ4n) is 2.40. The van der Waals surface area contributed by atoms with Crippen LogP contribution in [0.25, 0.3) is 11.0 Å². The molecule has 8 heteroatoms. The van der Waals surface area contributed by atoms with Crippen LogP contribution in [0.5, 0.6) is 0 Å². The van der Waals surface area contributed by atoms with Crippen LogP contribution in [0.4, 0.5) is 5.69 Å². The molecule has 2 N–H and O–H groups in total. The molecule has 122 valence electrons. The number of benzene rings is 1. The van der Waals surface area contributed by atoms with E-state index in [-0.39, 0.29) is 36.8 Å². The minimum absolute atomic E-state index is 0. The molecule has 1 aromatic carbocycles. The number of halogens is 2. The molecule has 22 heavy (non-hydrogen) atoms. The SMILES string of the molecule is Cl.Cl.Cn1cnc2cc(NC(=O)CC3COCCN3)ccc21. The minimum Gasteiger partial charge on any atom is -0.378 e. The van der Waals surface area contributed by atoms with E-state index < -0.39 is 0 Å². The second kappa shape index (κ2) is 8.33. The molecule has 1 aromatic heterocycles. The van der Waals surface area contributed by atoms with Gasteiger partial charge in [-0.05, 0) is 18.2 Å². The highest BCUT2D eigenvalue weighted by Gasteiger charge is 2.17. The monoisotopic (exact) mass is 346 g/mol. The first-order chi connectivity index (χ1) is 9.72. The van der Waals surface area contributed by atoms with Gasteiger partial charge in [-0.3, -0.25) is 4.79 Å². The Bertz CT molecular complexity index is 626. The van der Waals surface area contributed by atoms with Crippen LogP contribution in [-0.4, -0.2) is 41.3 Å². The van der Waals surface area contributed by atoms with Gasteiger partial charge in [-0.1, -0.05) is 0 Å². The van der Waals surface area contributed by atoms with E-state index in [1.807, 2.05) is 29.8 Å². The molecule has 0 radical (unpaired) electrons. The molecular weight excluding hydrogens is 327 g/mol. The van der Waals surface area contributed by atoms with Gasteiger partial charge < -0.3 is 19.9 Å². The number of nitrogens with one attached hydrogen (secondary N) is 2. The maximum atomic E-state index is 12.0. The lowest BCUT2D eigenvalue weighted by molar-refractivity contribution is -0.117. The maximum absolute atomic E-state index is 12.0. The predicted molar refractivity (Wildman–Crippen MR) is 91.1 cm³/mol. The van der Waals surface area contributed by atoms with Crippen molar-refractivity contribution in [3.8, 4) is 0 Å². The molecule has 1 amide bonds. The van der Waals surface area contributed by atoms with E-state index in [0.717, 1.165) is 23.3 Å². The van der Waals surface area contributed by atoms with Gasteiger partial charge in [0, 0.05) is 31.7 Å². The number of imidazole rings is 1. The predicted octanol–water partition coefficient (Wildman–Crippen LogP) is 1.73. The second-order valence-electron chi connectivity index (χ2n) is 5.04. The zero-order chi connectivity index (χ0) is 13.9. The Balaban J connectivity index is 0.00000121. The molecule has 6 nitrogen and oxygen atoms in total. The number of rotatable bonds is 3. The molecule has 0 spiro atoms. The van der Waals surface area contributed by atoms with E-state index in [1.165, 1.54) is 0 Å². The van der Waals surface area contributed by atoms with E-state index in [1.54, 1.807) is 6.33 Å². The van der Waals surface area contributed by atoms with Crippen LogP contribution in [0.3, 0.4) is 0 Å². The summed E-state index contributed by atoms with van der Waals surface area (Å²) in [4.78, 5) is 16.3. The van der Waals surface area contributed by atoms with Crippen molar-refractivity contribution in [1.29, 1.82) is 0 Å². The van der Waals surface area contributed by atoms with Gasteiger partial charge >= 0.3 is 0 Å². The Kier molecular flexibility index (Phi) is 7.09. The Morgan fingerprint density at radius 3 is 3.05 bits per heavy atom. The topological polar surface area (TPSA) is 68.2 Å². The minimum atomic E-state index is -0.0109. The van der Waals surface area contributed by atoms with E-state index in [0.29, 0.717) is 19.6 Å². The molecular formula is C14H20Cl2N4O2. The number of hydrogen-bond donors (Lipinski definition) is 2. The standard InChI is InChI=1S/C14H18N4O2.2ClH/c1-18-9-16-12-6-10(2-3-13(12)18)17-14(19)7-11-8-20-5-4-15-11;;/h2-3,6,9,11,15H,4-5,7-8H2,1H3,(H,17,19);2*1H. The van der Waals surface area contributed by atoms with Crippen molar-refractivity contribution >= 4 is 47.4 Å². The molecule has 0 saturated carbocycles. The van der Waals surface area contributed by atoms with Crippen LogP contribution in [0.1, 0.15) is 6.42 Å². The van der Waals surface area contributed by atoms with Crippen LogP contribution in [-0.2, 0) is 16.6 Å². The first-order valence-electron chi connectivity index (χ1n) is 6.74. The molecule has 3 rings (SSSR count). The van der Waals surface area contributed by atoms with Gasteiger partial charge in [0.25, 0.3) is 0 Å². The van der Waals surface area contributed by atoms with Gasteiger partial charge in [0.15, 0.2) is 0 Å². The van der Waals surface area contributed by atoms with Gasteiger partial charge in [0.05, 0.1) is 30.6 Å². The van der Waals surface area contributed by atoms with E-state index >= 15 is 0 Å². The van der Waals surface area contributed by atoms with Gasteiger partial charge in [0.1, 0.15) is 0 Å². The van der Waals surface area contributed by atoms with Crippen molar-refractivity contribution in [1.82, 2.24) is 14.9 Å². The summed E-state index contributed by atoms with van der Waals surface area (Å²) >= 11 is 0. The molecule has 2 aromatic rings. The zero-order valence-electron chi connectivity index (χ0n) is 12.2. The van der Waals surface area contributed by atoms with Crippen LogP contribution >= 0.6 is 24.8 Å². The molecule has 1 fully saturated rings. The number of anilines is 1. The number of ether oxygens (including phenoxy) is 1. The third-order valence-electron chi connectivity index (χ3n) is 3.44. The smallest absolute Gasteiger partial charge is 0.226 e. The number of nitrogens with zero attached hydrogens (tertiary/aromatic N) is 2. The van der Waals surface area contributed by atoms with Crippen LogP contribution < -0.4 is 10.6 Å². The van der Waals surface area contributed by atoms with Crippen LogP contribution in [0.15, 0.2) is 24.5 Å². The lowest BCUT2D eigenvalue weighted by Crippen LogP contribution is -2.43. The normalized spacial score (nSPS) is 17.4. The Hall–Kier alpha value is -1.34. The lowest BCUT2D eigenvalue weighted by atomic mass is 10.2. The molecule has 1 unspecified atom stereocenters. The quantitative estimate of drug-likeness (QED) is 0.888. The van der Waals surface area contributed by atoms with Crippen molar-refractivity contribution in [2.75, 3.05) is 25.1 Å². The second-order valence-corrected chi connectivity index (χ2v) is 5.04. The number of amides is 1. The number of carbonyl (C=O) groups is 1. The third kappa shape index (κ3) is 4.33. The Morgan fingerprint density at radius 2 is 2.32 bits per heavy atom. The number of aryl methyl sites for hydroxylation is 1. The molecule has 1 aliphatic rings. The molecule has 0 aliphatic carbocycles. The fraction of sp³-hybridized carbons (Fsp3) is 0.429. The van der Waals surface area contributed by atoms with Crippen molar-refractivity contribution < 1.29 is 9.53 Å². The molecule has 1 saturated heterocycles. The summed E-state index contributed by atoms with van der Waals surface area (Å²) in [6.45, 7) is 2.11. The first kappa shape index (κ1) is 18.7. The van der Waals surface area contributed by atoms with Crippen LogP contribution in [0.2, 0.25) is 0 Å². The number of aromatic nitrogens is 2. The Morgan fingerprint density at radius 1 is 1.50 bits per heavy atom. The summed E-state index contributed by atoms with van der Waals surface area (Å²) < 4.78 is 7.29. The van der Waals surface area contributed by atoms with Crippen LogP contribution in [0, 0.1) is 0 Å². The largest absolute Gasteiger partial charge is 0.378 e. The summed E-state index contributed by atoms with van der Waals surface area (Å²) in [5, 5.41) is 6.17. The highest BCUT2D eigenvalue weighted by Crippen LogP contribution is 2.17. The van der Waals surface area contributed by atoms with Gasteiger partial charge in [-0.25, -0.2) is 4.98 Å². The van der Waals surface area contributed by atoms with Gasteiger partial charge in [-0.15, -0.1) is 24.8 Å². The summed E-state index contributed by atoms with van der Waals surface area (Å²) in [5.74, 6) is -0.0109. The summed E-state index contributed by atoms with van der Waals surface area (Å²) in [7, 11) is 1.95. The van der Waals surface area contributed by atoms with Crippen molar-refractivity contribution in [2.24, 2.45) is 7.05 Å². The number of hydrogen-bond acceptors (Lipinski definition) is 4. The van der Waals surface area contributed by atoms with Gasteiger partial charge in [0.2, 0.25) is 5.91 Å². The average Bonchev–Trinajstić information content (AvgIpc) is 2.81. The highest BCUT2D eigenvalue weighted by molar-refractivity contribution is 5.93. The zero-order valence-corrected chi connectivity index (χ0v) is 13.9. The molecule has 1 aliphatic heterocycles. The molecule has 2 heterocycles. The maximum Gasteiger partial charge on any atom is 0.226 e. The average molecular weight is 347 g/mol. The van der Waals surface area contributed by atoms with Gasteiger partial charge in [-0.2, -0.15) is 0 Å². The molecule has 0 bridgehead atoms.